The average Bonchev–Trinajstić information content (AvgIpc) is 3.03. The minimum atomic E-state index is -1.34. The van der Waals surface area contributed by atoms with Gasteiger partial charge >= 0.3 is 0 Å². The summed E-state index contributed by atoms with van der Waals surface area (Å²) in [6.07, 6.45) is 2.57. The summed E-state index contributed by atoms with van der Waals surface area (Å²) >= 11 is 0. The summed E-state index contributed by atoms with van der Waals surface area (Å²) in [5.41, 5.74) is 1.38. The van der Waals surface area contributed by atoms with Crippen molar-refractivity contribution in [3.8, 4) is 0 Å². The number of hydrogen-bond donors (Lipinski definition) is 1. The van der Waals surface area contributed by atoms with Crippen LogP contribution in [0.3, 0.4) is 0 Å². The minimum absolute atomic E-state index is 0. The van der Waals surface area contributed by atoms with Crippen LogP contribution in [0.2, 0.25) is 0 Å². The van der Waals surface area contributed by atoms with E-state index in [0.717, 1.165) is 28.8 Å². The molecule has 3 saturated heterocycles. The van der Waals surface area contributed by atoms with Crippen LogP contribution in [0.15, 0.2) is 121 Å². The van der Waals surface area contributed by atoms with E-state index in [4.69, 9.17) is 9.47 Å². The lowest BCUT2D eigenvalue weighted by molar-refractivity contribution is -0.154. The van der Waals surface area contributed by atoms with E-state index in [-0.39, 0.29) is 25.1 Å². The van der Waals surface area contributed by atoms with Crippen molar-refractivity contribution < 1.29 is 14.6 Å². The molecule has 4 aromatic rings. The third kappa shape index (κ3) is 5.74. The molecule has 0 aliphatic carbocycles. The summed E-state index contributed by atoms with van der Waals surface area (Å²) in [4.78, 5) is 2.52. The van der Waals surface area contributed by atoms with Gasteiger partial charge in [0.2, 0.25) is 0 Å². The van der Waals surface area contributed by atoms with Crippen molar-refractivity contribution in [2.24, 2.45) is 5.92 Å². The zero-order valence-electron chi connectivity index (χ0n) is 22.8. The quantitative estimate of drug-likeness (QED) is 0.245. The Labute approximate surface area is 244 Å². The number of halogens is 1. The van der Waals surface area contributed by atoms with Crippen LogP contribution in [0.5, 0.6) is 0 Å². The monoisotopic (exact) mass is 555 g/mol. The van der Waals surface area contributed by atoms with Crippen LogP contribution in [0.25, 0.3) is 0 Å². The third-order valence-corrected chi connectivity index (χ3v) is 8.61. The molecule has 4 aromatic carbocycles. The molecule has 2 bridgehead atoms. The lowest BCUT2D eigenvalue weighted by atomic mass is 9.83. The van der Waals surface area contributed by atoms with Gasteiger partial charge in [-0.2, -0.15) is 0 Å². The molecule has 0 amide bonds. The van der Waals surface area contributed by atoms with Gasteiger partial charge in [-0.3, -0.25) is 0 Å². The van der Waals surface area contributed by atoms with Crippen LogP contribution in [-0.4, -0.2) is 49.0 Å². The first kappa shape index (κ1) is 28.5. The van der Waals surface area contributed by atoms with Gasteiger partial charge in [-0.1, -0.05) is 121 Å². The topological polar surface area (TPSA) is 41.9 Å². The van der Waals surface area contributed by atoms with E-state index in [0.29, 0.717) is 12.5 Å². The van der Waals surface area contributed by atoms with Crippen LogP contribution in [0.1, 0.15) is 35.1 Å². The molecule has 3 fully saturated rings. The van der Waals surface area contributed by atoms with Gasteiger partial charge in [0.05, 0.1) is 19.3 Å². The van der Waals surface area contributed by atoms with Crippen molar-refractivity contribution in [2.45, 2.75) is 30.1 Å². The molecule has 4 nitrogen and oxygen atoms in total. The Bertz CT molecular complexity index is 1230. The van der Waals surface area contributed by atoms with Crippen molar-refractivity contribution in [1.82, 2.24) is 4.90 Å². The van der Waals surface area contributed by atoms with Crippen molar-refractivity contribution >= 4 is 12.4 Å². The van der Waals surface area contributed by atoms with Gasteiger partial charge in [-0.25, -0.2) is 0 Å². The average molecular weight is 556 g/mol. The highest BCUT2D eigenvalue weighted by atomic mass is 35.5. The highest BCUT2D eigenvalue weighted by Gasteiger charge is 2.43. The van der Waals surface area contributed by atoms with Crippen molar-refractivity contribution in [2.75, 3.05) is 32.8 Å². The fourth-order valence-corrected chi connectivity index (χ4v) is 6.27. The molecule has 3 aliphatic rings. The number of nitrogens with zero attached hydrogens (tertiary/aromatic N) is 1. The molecule has 5 heteroatoms. The minimum Gasteiger partial charge on any atom is -0.378 e. The molecule has 1 unspecified atom stereocenters. The Hall–Kier alpha value is -2.99. The van der Waals surface area contributed by atoms with E-state index >= 15 is 0 Å². The first-order chi connectivity index (χ1) is 19.2. The Morgan fingerprint density at radius 3 is 1.45 bits per heavy atom. The van der Waals surface area contributed by atoms with Gasteiger partial charge in [-0.15, -0.1) is 12.4 Å². The molecular formula is C35H38ClNO3. The standard InChI is InChI=1S/C35H37NO3.ClH/c37-34(29-13-5-1-6-14-29,30-15-7-2-8-16-30)26-39-35(31-17-9-3-10-18-31,32-19-11-4-12-20-32)27-38-33-25-36-23-21-28(33)22-24-36;/h1-20,28,33,37H,21-27H2;1H. The fraction of sp³-hybridized carbons (Fsp3) is 0.314. The first-order valence-electron chi connectivity index (χ1n) is 14.1. The predicted octanol–water partition coefficient (Wildman–Crippen LogP) is 6.42. The number of benzene rings is 4. The Morgan fingerprint density at radius 2 is 1.05 bits per heavy atom. The molecule has 0 spiro atoms. The number of aliphatic hydroxyl groups is 1. The number of fused-ring (bicyclic) bond motifs is 3. The Balaban J connectivity index is 0.00000323. The van der Waals surface area contributed by atoms with Crippen LogP contribution in [0.4, 0.5) is 0 Å². The molecule has 1 N–H and O–H groups in total. The van der Waals surface area contributed by atoms with Gasteiger partial charge in [0.1, 0.15) is 11.2 Å². The summed E-state index contributed by atoms with van der Waals surface area (Å²) in [6, 6.07) is 40.3. The molecule has 7 rings (SSSR count). The zero-order chi connectivity index (χ0) is 26.5. The first-order valence-corrected chi connectivity index (χ1v) is 14.1. The van der Waals surface area contributed by atoms with E-state index in [1.54, 1.807) is 0 Å². The maximum atomic E-state index is 12.3. The summed E-state index contributed by atoms with van der Waals surface area (Å²) in [5, 5.41) is 12.3. The molecule has 0 aromatic heterocycles. The van der Waals surface area contributed by atoms with Gasteiger partial charge in [0, 0.05) is 6.54 Å². The van der Waals surface area contributed by atoms with Gasteiger partial charge < -0.3 is 19.5 Å². The number of hydrogen-bond acceptors (Lipinski definition) is 4. The highest BCUT2D eigenvalue weighted by Crippen LogP contribution is 2.40. The molecule has 0 radical (unpaired) electrons. The number of ether oxygens (including phenoxy) is 2. The van der Waals surface area contributed by atoms with E-state index in [1.807, 2.05) is 97.1 Å². The second-order valence-corrected chi connectivity index (χ2v) is 10.9. The molecule has 3 aliphatic heterocycles. The largest absolute Gasteiger partial charge is 0.378 e. The summed E-state index contributed by atoms with van der Waals surface area (Å²) in [5.74, 6) is 0.588. The van der Waals surface area contributed by atoms with E-state index in [1.165, 1.54) is 25.9 Å². The van der Waals surface area contributed by atoms with Crippen molar-refractivity contribution in [3.63, 3.8) is 0 Å². The summed E-state index contributed by atoms with van der Waals surface area (Å²) in [6.45, 7) is 3.75. The highest BCUT2D eigenvalue weighted by molar-refractivity contribution is 5.85. The van der Waals surface area contributed by atoms with Crippen molar-refractivity contribution in [1.29, 1.82) is 0 Å². The van der Waals surface area contributed by atoms with E-state index in [2.05, 4.69) is 29.2 Å². The summed E-state index contributed by atoms with van der Waals surface area (Å²) in [7, 11) is 0. The lowest BCUT2D eigenvalue weighted by Crippen LogP contribution is -2.53. The molecular weight excluding hydrogens is 518 g/mol. The van der Waals surface area contributed by atoms with Crippen LogP contribution in [0, 0.1) is 5.92 Å². The lowest BCUT2D eigenvalue weighted by Gasteiger charge is -2.46. The molecule has 0 saturated carbocycles. The van der Waals surface area contributed by atoms with Crippen molar-refractivity contribution in [3.05, 3.63) is 144 Å². The molecule has 1 atom stereocenters. The maximum absolute atomic E-state index is 12.3. The Morgan fingerprint density at radius 1 is 0.625 bits per heavy atom. The van der Waals surface area contributed by atoms with E-state index in [9.17, 15) is 5.11 Å². The third-order valence-electron chi connectivity index (χ3n) is 8.61. The SMILES string of the molecule is Cl.OC(COC(COC1CN2CCC1CC2)(c1ccccc1)c1ccccc1)(c1ccccc1)c1ccccc1. The van der Waals surface area contributed by atoms with Gasteiger partial charge in [-0.05, 0) is 54.1 Å². The molecule has 208 valence electrons. The summed E-state index contributed by atoms with van der Waals surface area (Å²) < 4.78 is 13.9. The second kappa shape index (κ2) is 12.7. The van der Waals surface area contributed by atoms with Crippen LogP contribution in [-0.2, 0) is 20.7 Å². The Kier molecular flexibility index (Phi) is 9.04. The van der Waals surface area contributed by atoms with Crippen LogP contribution < -0.4 is 0 Å². The molecule has 40 heavy (non-hydrogen) atoms. The number of rotatable bonds is 10. The predicted molar refractivity (Wildman–Crippen MR) is 162 cm³/mol. The maximum Gasteiger partial charge on any atom is 0.141 e. The van der Waals surface area contributed by atoms with Crippen LogP contribution >= 0.6 is 12.4 Å². The second-order valence-electron chi connectivity index (χ2n) is 10.9. The fourth-order valence-electron chi connectivity index (χ4n) is 6.27. The smallest absolute Gasteiger partial charge is 0.141 e. The number of piperidine rings is 3. The molecule has 3 heterocycles. The zero-order valence-corrected chi connectivity index (χ0v) is 23.6. The van der Waals surface area contributed by atoms with E-state index < -0.39 is 11.2 Å². The van der Waals surface area contributed by atoms with Gasteiger partial charge in [0.25, 0.3) is 0 Å². The normalized spacial score (nSPS) is 20.6. The van der Waals surface area contributed by atoms with Gasteiger partial charge in [0.15, 0.2) is 0 Å².